The molecule has 2 rings (SSSR count). The normalized spacial score (nSPS) is 10.2. The second-order valence-electron chi connectivity index (χ2n) is 3.93. The molecule has 0 spiro atoms. The molecule has 0 atom stereocenters. The summed E-state index contributed by atoms with van der Waals surface area (Å²) in [5.41, 5.74) is 5.03. The molecular formula is C15H16O. The molecule has 0 bridgehead atoms. The van der Waals surface area contributed by atoms with Crippen LogP contribution in [0.25, 0.3) is 11.1 Å². The second kappa shape index (κ2) is 4.40. The molecule has 16 heavy (non-hydrogen) atoms. The van der Waals surface area contributed by atoms with Crippen molar-refractivity contribution in [1.29, 1.82) is 0 Å². The third-order valence-electron chi connectivity index (χ3n) is 3.04. The van der Waals surface area contributed by atoms with Crippen LogP contribution in [0.4, 0.5) is 0 Å². The largest absolute Gasteiger partial charge is 0.496 e. The van der Waals surface area contributed by atoms with E-state index < -0.39 is 0 Å². The average Bonchev–Trinajstić information content (AvgIpc) is 2.34. The standard InChI is InChI=1S/C15H16O/c1-11-12(2)15(16-3)10-9-14(11)13-7-5-4-6-8-13/h4-10H,1-3H3. The van der Waals surface area contributed by atoms with Gasteiger partial charge in [-0.05, 0) is 42.2 Å². The van der Waals surface area contributed by atoms with E-state index in [9.17, 15) is 0 Å². The van der Waals surface area contributed by atoms with Crippen LogP contribution in [-0.4, -0.2) is 7.11 Å². The quantitative estimate of drug-likeness (QED) is 0.731. The van der Waals surface area contributed by atoms with Gasteiger partial charge >= 0.3 is 0 Å². The Balaban J connectivity index is 2.56. The van der Waals surface area contributed by atoms with Gasteiger partial charge in [0.05, 0.1) is 7.11 Å². The zero-order chi connectivity index (χ0) is 11.5. The lowest BCUT2D eigenvalue weighted by molar-refractivity contribution is 0.411. The molecule has 0 saturated carbocycles. The van der Waals surface area contributed by atoms with Crippen molar-refractivity contribution in [1.82, 2.24) is 0 Å². The van der Waals surface area contributed by atoms with Gasteiger partial charge in [0.15, 0.2) is 0 Å². The Hall–Kier alpha value is -1.76. The molecule has 2 aromatic rings. The monoisotopic (exact) mass is 212 g/mol. The van der Waals surface area contributed by atoms with Gasteiger partial charge < -0.3 is 4.74 Å². The topological polar surface area (TPSA) is 9.23 Å². The molecule has 2 aromatic carbocycles. The van der Waals surface area contributed by atoms with Gasteiger partial charge in [0.1, 0.15) is 5.75 Å². The van der Waals surface area contributed by atoms with E-state index in [4.69, 9.17) is 4.74 Å². The van der Waals surface area contributed by atoms with Gasteiger partial charge in [-0.1, -0.05) is 36.4 Å². The summed E-state index contributed by atoms with van der Waals surface area (Å²) in [6, 6.07) is 14.6. The first-order valence-corrected chi connectivity index (χ1v) is 5.43. The summed E-state index contributed by atoms with van der Waals surface area (Å²) in [5.74, 6) is 0.956. The first-order valence-electron chi connectivity index (χ1n) is 5.43. The highest BCUT2D eigenvalue weighted by molar-refractivity contribution is 5.70. The predicted octanol–water partition coefficient (Wildman–Crippen LogP) is 3.98. The van der Waals surface area contributed by atoms with Gasteiger partial charge in [0.25, 0.3) is 0 Å². The molecular weight excluding hydrogens is 196 g/mol. The number of hydrogen-bond acceptors (Lipinski definition) is 1. The van der Waals surface area contributed by atoms with E-state index in [-0.39, 0.29) is 0 Å². The van der Waals surface area contributed by atoms with Gasteiger partial charge in [-0.15, -0.1) is 0 Å². The summed E-state index contributed by atoms with van der Waals surface area (Å²) in [7, 11) is 1.71. The van der Waals surface area contributed by atoms with Crippen LogP contribution in [0, 0.1) is 13.8 Å². The van der Waals surface area contributed by atoms with Crippen LogP contribution < -0.4 is 4.74 Å². The molecule has 0 radical (unpaired) electrons. The molecule has 0 unspecified atom stereocenters. The van der Waals surface area contributed by atoms with Crippen LogP contribution in [0.5, 0.6) is 5.75 Å². The molecule has 0 amide bonds. The molecule has 0 fully saturated rings. The van der Waals surface area contributed by atoms with Crippen molar-refractivity contribution in [3.63, 3.8) is 0 Å². The predicted molar refractivity (Wildman–Crippen MR) is 67.9 cm³/mol. The van der Waals surface area contributed by atoms with Crippen LogP contribution >= 0.6 is 0 Å². The Morgan fingerprint density at radius 3 is 2.12 bits per heavy atom. The van der Waals surface area contributed by atoms with Crippen LogP contribution in [-0.2, 0) is 0 Å². The molecule has 0 aliphatic heterocycles. The molecule has 0 aliphatic carbocycles. The first kappa shape index (κ1) is 10.7. The Bertz CT molecular complexity index is 486. The summed E-state index contributed by atoms with van der Waals surface area (Å²) in [5, 5.41) is 0. The van der Waals surface area contributed by atoms with Crippen LogP contribution in [0.15, 0.2) is 42.5 Å². The average molecular weight is 212 g/mol. The van der Waals surface area contributed by atoms with E-state index in [0.717, 1.165) is 5.75 Å². The Labute approximate surface area is 96.7 Å². The Kier molecular flexibility index (Phi) is 2.95. The molecule has 0 aliphatic rings. The fourth-order valence-corrected chi connectivity index (χ4v) is 1.95. The Morgan fingerprint density at radius 2 is 1.50 bits per heavy atom. The second-order valence-corrected chi connectivity index (χ2v) is 3.93. The molecule has 0 aromatic heterocycles. The lowest BCUT2D eigenvalue weighted by atomic mass is 9.96. The highest BCUT2D eigenvalue weighted by Crippen LogP contribution is 2.30. The molecule has 0 N–H and O–H groups in total. The van der Waals surface area contributed by atoms with Gasteiger partial charge in [0, 0.05) is 0 Å². The minimum Gasteiger partial charge on any atom is -0.496 e. The minimum atomic E-state index is 0.956. The fourth-order valence-electron chi connectivity index (χ4n) is 1.95. The van der Waals surface area contributed by atoms with E-state index in [1.165, 1.54) is 22.3 Å². The van der Waals surface area contributed by atoms with Gasteiger partial charge in [-0.2, -0.15) is 0 Å². The highest BCUT2D eigenvalue weighted by atomic mass is 16.5. The maximum atomic E-state index is 5.32. The summed E-state index contributed by atoms with van der Waals surface area (Å²) in [4.78, 5) is 0. The summed E-state index contributed by atoms with van der Waals surface area (Å²) in [6.07, 6.45) is 0. The maximum absolute atomic E-state index is 5.32. The van der Waals surface area contributed by atoms with Crippen LogP contribution in [0.2, 0.25) is 0 Å². The van der Waals surface area contributed by atoms with Crippen LogP contribution in [0.3, 0.4) is 0 Å². The van der Waals surface area contributed by atoms with E-state index in [1.54, 1.807) is 7.11 Å². The molecule has 1 heteroatoms. The van der Waals surface area contributed by atoms with E-state index >= 15 is 0 Å². The van der Waals surface area contributed by atoms with Crippen molar-refractivity contribution in [2.45, 2.75) is 13.8 Å². The summed E-state index contributed by atoms with van der Waals surface area (Å²) in [6.45, 7) is 4.24. The van der Waals surface area contributed by atoms with Gasteiger partial charge in [0.2, 0.25) is 0 Å². The van der Waals surface area contributed by atoms with Crippen molar-refractivity contribution in [2.75, 3.05) is 7.11 Å². The van der Waals surface area contributed by atoms with Crippen molar-refractivity contribution in [3.8, 4) is 16.9 Å². The van der Waals surface area contributed by atoms with E-state index in [0.29, 0.717) is 0 Å². The third kappa shape index (κ3) is 1.81. The number of hydrogen-bond donors (Lipinski definition) is 0. The zero-order valence-electron chi connectivity index (χ0n) is 9.95. The number of benzene rings is 2. The van der Waals surface area contributed by atoms with Gasteiger partial charge in [-0.25, -0.2) is 0 Å². The smallest absolute Gasteiger partial charge is 0.122 e. The SMILES string of the molecule is COc1ccc(-c2ccccc2)c(C)c1C. The molecule has 1 nitrogen and oxygen atoms in total. The van der Waals surface area contributed by atoms with Crippen molar-refractivity contribution in [3.05, 3.63) is 53.6 Å². The fraction of sp³-hybridized carbons (Fsp3) is 0.200. The van der Waals surface area contributed by atoms with Gasteiger partial charge in [-0.3, -0.25) is 0 Å². The number of ether oxygens (including phenoxy) is 1. The molecule has 82 valence electrons. The van der Waals surface area contributed by atoms with Crippen molar-refractivity contribution in [2.24, 2.45) is 0 Å². The first-order chi connectivity index (χ1) is 7.74. The molecule has 0 saturated heterocycles. The minimum absolute atomic E-state index is 0.956. The third-order valence-corrected chi connectivity index (χ3v) is 3.04. The number of methoxy groups -OCH3 is 1. The van der Waals surface area contributed by atoms with E-state index in [1.807, 2.05) is 12.1 Å². The summed E-state index contributed by atoms with van der Waals surface area (Å²) >= 11 is 0. The van der Waals surface area contributed by atoms with Crippen molar-refractivity contribution >= 4 is 0 Å². The lowest BCUT2D eigenvalue weighted by Crippen LogP contribution is -1.92. The summed E-state index contributed by atoms with van der Waals surface area (Å²) < 4.78 is 5.32. The molecule has 0 heterocycles. The van der Waals surface area contributed by atoms with Crippen molar-refractivity contribution < 1.29 is 4.74 Å². The maximum Gasteiger partial charge on any atom is 0.122 e. The lowest BCUT2D eigenvalue weighted by Gasteiger charge is -2.12. The zero-order valence-corrected chi connectivity index (χ0v) is 9.95. The highest BCUT2D eigenvalue weighted by Gasteiger charge is 2.07. The Morgan fingerprint density at radius 1 is 0.812 bits per heavy atom. The van der Waals surface area contributed by atoms with Crippen LogP contribution in [0.1, 0.15) is 11.1 Å². The van der Waals surface area contributed by atoms with E-state index in [2.05, 4.69) is 44.2 Å². The number of rotatable bonds is 2.